The van der Waals surface area contributed by atoms with Crippen molar-refractivity contribution in [2.24, 2.45) is 4.99 Å². The van der Waals surface area contributed by atoms with Crippen LogP contribution in [0.3, 0.4) is 0 Å². The molecule has 0 spiro atoms. The summed E-state index contributed by atoms with van der Waals surface area (Å²) in [6, 6.07) is 20.1. The fourth-order valence-electron chi connectivity index (χ4n) is 4.27. The molecule has 39 heavy (non-hydrogen) atoms. The van der Waals surface area contributed by atoms with Crippen molar-refractivity contribution in [3.05, 3.63) is 109 Å². The first-order chi connectivity index (χ1) is 19.0. The summed E-state index contributed by atoms with van der Waals surface area (Å²) < 4.78 is 24.0. The third kappa shape index (κ3) is 5.63. The second-order valence-corrected chi connectivity index (χ2v) is 10.6. The molecule has 0 radical (unpaired) electrons. The quantitative estimate of drug-likeness (QED) is 0.223. The Hall–Kier alpha value is -3.86. The van der Waals surface area contributed by atoms with Gasteiger partial charge in [-0.2, -0.15) is 0 Å². The van der Waals surface area contributed by atoms with Crippen LogP contribution in [0.15, 0.2) is 102 Å². The number of para-hydroxylation sites is 1. The monoisotopic (exact) mass is 562 g/mol. The van der Waals surface area contributed by atoms with Gasteiger partial charge < -0.3 is 18.6 Å². The van der Waals surface area contributed by atoms with E-state index in [2.05, 4.69) is 4.99 Å². The van der Waals surface area contributed by atoms with Crippen LogP contribution < -0.4 is 19.6 Å². The van der Waals surface area contributed by atoms with E-state index in [-0.39, 0.29) is 24.3 Å². The third-order valence-electron chi connectivity index (χ3n) is 6.03. The molecule has 200 valence electrons. The highest BCUT2D eigenvalue weighted by Gasteiger charge is 2.35. The maximum absolute atomic E-state index is 13.8. The molecule has 8 nitrogen and oxygen atoms in total. The van der Waals surface area contributed by atoms with E-state index in [0.29, 0.717) is 37.2 Å². The summed E-state index contributed by atoms with van der Waals surface area (Å²) in [5, 5.41) is 0.712. The number of methoxy groups -OCH3 is 2. The predicted molar refractivity (Wildman–Crippen MR) is 149 cm³/mol. The van der Waals surface area contributed by atoms with Crippen LogP contribution in [0.4, 0.5) is 0 Å². The van der Waals surface area contributed by atoms with Gasteiger partial charge in [0.15, 0.2) is 9.89 Å². The Balaban J connectivity index is 1.58. The largest absolute Gasteiger partial charge is 0.496 e. The lowest BCUT2D eigenvalue weighted by molar-refractivity contribution is -0.140. The fourth-order valence-corrected chi connectivity index (χ4v) is 6.09. The second-order valence-electron chi connectivity index (χ2n) is 8.52. The minimum Gasteiger partial charge on any atom is -0.496 e. The summed E-state index contributed by atoms with van der Waals surface area (Å²) in [6.45, 7) is 2.08. The van der Waals surface area contributed by atoms with Crippen molar-refractivity contribution in [1.29, 1.82) is 0 Å². The summed E-state index contributed by atoms with van der Waals surface area (Å²) in [6.07, 6.45) is 1.70. The van der Waals surface area contributed by atoms with Gasteiger partial charge in [-0.3, -0.25) is 9.36 Å². The molecule has 10 heteroatoms. The van der Waals surface area contributed by atoms with Crippen LogP contribution in [0.25, 0.3) is 6.08 Å². The lowest BCUT2D eigenvalue weighted by Gasteiger charge is -2.26. The Kier molecular flexibility index (Phi) is 8.16. The zero-order valence-electron chi connectivity index (χ0n) is 21.6. The van der Waals surface area contributed by atoms with Gasteiger partial charge in [-0.1, -0.05) is 59.5 Å². The van der Waals surface area contributed by atoms with Gasteiger partial charge in [0, 0.05) is 23.6 Å². The maximum Gasteiger partial charge on any atom is 0.338 e. The van der Waals surface area contributed by atoms with Crippen LogP contribution in [-0.4, -0.2) is 38.0 Å². The first-order valence-corrected chi connectivity index (χ1v) is 13.8. The Labute approximate surface area is 232 Å². The van der Waals surface area contributed by atoms with Crippen LogP contribution >= 0.6 is 23.1 Å². The summed E-state index contributed by atoms with van der Waals surface area (Å²) in [5.74, 6) is 0.525. The number of carbonyl (C=O) groups excluding carboxylic acids is 1. The number of benzene rings is 2. The second kappa shape index (κ2) is 11.9. The summed E-state index contributed by atoms with van der Waals surface area (Å²) in [4.78, 5) is 33.2. The molecule has 0 amide bonds. The maximum atomic E-state index is 13.8. The van der Waals surface area contributed by atoms with Gasteiger partial charge in [0.1, 0.15) is 24.2 Å². The van der Waals surface area contributed by atoms with Crippen LogP contribution in [0, 0.1) is 0 Å². The van der Waals surface area contributed by atoms with Gasteiger partial charge in [0.2, 0.25) is 0 Å². The SMILES string of the molecule is COCCOC(=O)C1=C(C)N=c2sc(=Cc3ccc(Sc4ccccc4)o3)c(=O)n2C1c1ccccc1OC. The van der Waals surface area contributed by atoms with Crippen LogP contribution in [0.1, 0.15) is 24.3 Å². The first kappa shape index (κ1) is 26.7. The molecule has 0 bridgehead atoms. The average Bonchev–Trinajstić information content (AvgIpc) is 3.51. The zero-order chi connectivity index (χ0) is 27.4. The summed E-state index contributed by atoms with van der Waals surface area (Å²) in [7, 11) is 3.08. The molecular weight excluding hydrogens is 536 g/mol. The van der Waals surface area contributed by atoms with E-state index >= 15 is 0 Å². The van der Waals surface area contributed by atoms with Crippen LogP contribution in [-0.2, 0) is 14.3 Å². The molecule has 3 heterocycles. The van der Waals surface area contributed by atoms with Crippen LogP contribution in [0.5, 0.6) is 5.75 Å². The lowest BCUT2D eigenvalue weighted by atomic mass is 9.95. The molecule has 1 unspecified atom stereocenters. The van der Waals surface area contributed by atoms with Crippen molar-refractivity contribution in [3.63, 3.8) is 0 Å². The lowest BCUT2D eigenvalue weighted by Crippen LogP contribution is -2.40. The van der Waals surface area contributed by atoms with Crippen molar-refractivity contribution in [2.45, 2.75) is 23.0 Å². The molecule has 2 aromatic heterocycles. The number of hydrogen-bond acceptors (Lipinski definition) is 9. The molecule has 5 rings (SSSR count). The number of aromatic nitrogens is 1. The minimum absolute atomic E-state index is 0.0804. The number of esters is 1. The number of thiazole rings is 1. The summed E-state index contributed by atoms with van der Waals surface area (Å²) in [5.41, 5.74) is 1.10. The number of rotatable bonds is 9. The molecule has 0 fully saturated rings. The zero-order valence-corrected chi connectivity index (χ0v) is 23.2. The van der Waals surface area contributed by atoms with Crippen molar-refractivity contribution in [2.75, 3.05) is 27.4 Å². The number of ether oxygens (including phenoxy) is 3. The number of allylic oxidation sites excluding steroid dienone is 1. The van der Waals surface area contributed by atoms with Gasteiger partial charge in [0.25, 0.3) is 5.56 Å². The van der Waals surface area contributed by atoms with E-state index in [1.807, 2.05) is 60.7 Å². The first-order valence-electron chi connectivity index (χ1n) is 12.1. The van der Waals surface area contributed by atoms with Crippen molar-refractivity contribution in [3.8, 4) is 5.75 Å². The van der Waals surface area contributed by atoms with Gasteiger partial charge in [-0.05, 0) is 37.3 Å². The van der Waals surface area contributed by atoms with Gasteiger partial charge >= 0.3 is 5.97 Å². The molecule has 0 saturated carbocycles. The minimum atomic E-state index is -0.782. The van der Waals surface area contributed by atoms with Crippen molar-refractivity contribution in [1.82, 2.24) is 4.57 Å². The molecule has 1 aliphatic heterocycles. The molecule has 0 N–H and O–H groups in total. The topological polar surface area (TPSA) is 92.3 Å². The molecule has 0 aliphatic carbocycles. The van der Waals surface area contributed by atoms with E-state index in [1.54, 1.807) is 26.2 Å². The number of carbonyl (C=O) groups is 1. The average molecular weight is 563 g/mol. The molecule has 1 atom stereocenters. The molecule has 2 aromatic carbocycles. The van der Waals surface area contributed by atoms with E-state index < -0.39 is 12.0 Å². The summed E-state index contributed by atoms with van der Waals surface area (Å²) >= 11 is 2.73. The standard InChI is InChI=1S/C29H26N2O6S2/c1-18-25(28(33)36-16-15-34-2)26(21-11-7-8-12-22(21)35-3)31-27(32)23(39-29(31)30-18)17-19-13-14-24(37-19)38-20-9-5-4-6-10-20/h4-14,17,26H,15-16H2,1-3H3. The predicted octanol–water partition coefficient (Wildman–Crippen LogP) is 4.18. The number of hydrogen-bond donors (Lipinski definition) is 0. The van der Waals surface area contributed by atoms with E-state index in [9.17, 15) is 9.59 Å². The molecular formula is C29H26N2O6S2. The van der Waals surface area contributed by atoms with Crippen LogP contribution in [0.2, 0.25) is 0 Å². The van der Waals surface area contributed by atoms with E-state index in [4.69, 9.17) is 18.6 Å². The smallest absolute Gasteiger partial charge is 0.338 e. The highest BCUT2D eigenvalue weighted by Crippen LogP contribution is 2.35. The Morgan fingerprint density at radius 2 is 1.85 bits per heavy atom. The van der Waals surface area contributed by atoms with Crippen molar-refractivity contribution < 1.29 is 23.4 Å². The molecule has 1 aliphatic rings. The number of nitrogens with zero attached hydrogens (tertiary/aromatic N) is 2. The highest BCUT2D eigenvalue weighted by molar-refractivity contribution is 7.99. The third-order valence-corrected chi connectivity index (χ3v) is 7.94. The Morgan fingerprint density at radius 3 is 2.62 bits per heavy atom. The normalized spacial score (nSPS) is 15.2. The van der Waals surface area contributed by atoms with E-state index in [1.165, 1.54) is 34.8 Å². The Morgan fingerprint density at radius 1 is 1.08 bits per heavy atom. The van der Waals surface area contributed by atoms with Gasteiger partial charge in [-0.15, -0.1) is 0 Å². The Bertz CT molecular complexity index is 1700. The fraction of sp³-hybridized carbons (Fsp3) is 0.207. The number of fused-ring (bicyclic) bond motifs is 1. The molecule has 4 aromatic rings. The molecule has 0 saturated heterocycles. The number of furan rings is 1. The highest BCUT2D eigenvalue weighted by atomic mass is 32.2. The van der Waals surface area contributed by atoms with Crippen molar-refractivity contribution >= 4 is 35.1 Å². The van der Waals surface area contributed by atoms with Gasteiger partial charge in [0.05, 0.1) is 29.5 Å². The van der Waals surface area contributed by atoms with E-state index in [0.717, 1.165) is 4.90 Å². The van der Waals surface area contributed by atoms with Gasteiger partial charge in [-0.25, -0.2) is 9.79 Å².